The van der Waals surface area contributed by atoms with Crippen LogP contribution in [0.15, 0.2) is 29.3 Å². The predicted molar refractivity (Wildman–Crippen MR) is 139 cm³/mol. The molecule has 1 aliphatic heterocycles. The van der Waals surface area contributed by atoms with Gasteiger partial charge in [0.25, 0.3) is 5.56 Å². The molecule has 186 valence electrons. The molecule has 4 rings (SSSR count). The van der Waals surface area contributed by atoms with Crippen LogP contribution in [0, 0.1) is 12.8 Å². The van der Waals surface area contributed by atoms with Crippen LogP contribution in [0.5, 0.6) is 0 Å². The Bertz CT molecular complexity index is 1290. The van der Waals surface area contributed by atoms with Crippen LogP contribution in [0.1, 0.15) is 44.7 Å². The number of thiazole rings is 1. The third kappa shape index (κ3) is 5.53. The number of amides is 2. The molecule has 0 radical (unpaired) electrons. The summed E-state index contributed by atoms with van der Waals surface area (Å²) in [5, 5.41) is 6.66. The predicted octanol–water partition coefficient (Wildman–Crippen LogP) is 3.10. The SMILES string of the molecule is CCc1cccc(C)c1NC(=O)Cn1cnc2nc(N3CCC(C(=O)NC(C)C)CC3)sc2c1=O. The molecule has 1 fully saturated rings. The number of aryl methyl sites for hydroxylation is 2. The summed E-state index contributed by atoms with van der Waals surface area (Å²) in [5.74, 6) is -0.175. The van der Waals surface area contributed by atoms with Crippen LogP contribution in [0.2, 0.25) is 0 Å². The van der Waals surface area contributed by atoms with Crippen LogP contribution in [0.4, 0.5) is 10.8 Å². The Morgan fingerprint density at radius 2 is 1.97 bits per heavy atom. The fourth-order valence-corrected chi connectivity index (χ4v) is 5.37. The minimum atomic E-state index is -0.277. The van der Waals surface area contributed by atoms with E-state index in [1.54, 1.807) is 0 Å². The topological polar surface area (TPSA) is 109 Å². The number of fused-ring (bicyclic) bond motifs is 1. The van der Waals surface area contributed by atoms with Crippen LogP contribution in [0.3, 0.4) is 0 Å². The molecule has 3 heterocycles. The summed E-state index contributed by atoms with van der Waals surface area (Å²) in [5.41, 5.74) is 2.94. The van der Waals surface area contributed by atoms with E-state index >= 15 is 0 Å². The van der Waals surface area contributed by atoms with Crippen molar-refractivity contribution in [2.75, 3.05) is 23.3 Å². The number of carbonyl (C=O) groups excluding carboxylic acids is 2. The minimum Gasteiger partial charge on any atom is -0.354 e. The van der Waals surface area contributed by atoms with E-state index in [2.05, 4.69) is 25.5 Å². The Morgan fingerprint density at radius 3 is 2.66 bits per heavy atom. The fraction of sp³-hybridized carbons (Fsp3) is 0.480. The van der Waals surface area contributed by atoms with Crippen LogP contribution >= 0.6 is 11.3 Å². The largest absolute Gasteiger partial charge is 0.354 e. The van der Waals surface area contributed by atoms with Gasteiger partial charge in [-0.2, -0.15) is 4.98 Å². The third-order valence-corrected chi connectivity index (χ3v) is 7.35. The Balaban J connectivity index is 1.46. The van der Waals surface area contributed by atoms with E-state index in [4.69, 9.17) is 0 Å². The van der Waals surface area contributed by atoms with Gasteiger partial charge < -0.3 is 15.5 Å². The molecule has 10 heteroatoms. The zero-order valence-electron chi connectivity index (χ0n) is 20.6. The van der Waals surface area contributed by atoms with Gasteiger partial charge in [0.15, 0.2) is 10.8 Å². The first-order valence-corrected chi connectivity index (χ1v) is 12.9. The van der Waals surface area contributed by atoms with Gasteiger partial charge in [0.2, 0.25) is 11.8 Å². The van der Waals surface area contributed by atoms with Crippen molar-refractivity contribution in [1.82, 2.24) is 19.9 Å². The van der Waals surface area contributed by atoms with Gasteiger partial charge in [-0.15, -0.1) is 0 Å². The number of carbonyl (C=O) groups is 2. The molecule has 0 unspecified atom stereocenters. The van der Waals surface area contributed by atoms with Gasteiger partial charge in [0, 0.05) is 30.7 Å². The van der Waals surface area contributed by atoms with E-state index in [-0.39, 0.29) is 35.9 Å². The van der Waals surface area contributed by atoms with E-state index in [1.807, 2.05) is 45.9 Å². The number of benzene rings is 1. The Labute approximate surface area is 208 Å². The second-order valence-electron chi connectivity index (χ2n) is 9.26. The Kier molecular flexibility index (Phi) is 7.49. The molecule has 0 spiro atoms. The molecule has 1 saturated heterocycles. The molecule has 1 aliphatic rings. The number of piperidine rings is 1. The summed E-state index contributed by atoms with van der Waals surface area (Å²) in [7, 11) is 0. The number of nitrogens with one attached hydrogen (secondary N) is 2. The summed E-state index contributed by atoms with van der Waals surface area (Å²) in [6.45, 7) is 9.18. The summed E-state index contributed by atoms with van der Waals surface area (Å²) in [6.07, 6.45) is 3.67. The van der Waals surface area contributed by atoms with E-state index in [0.29, 0.717) is 23.4 Å². The lowest BCUT2D eigenvalue weighted by Gasteiger charge is -2.31. The van der Waals surface area contributed by atoms with Crippen molar-refractivity contribution in [3.8, 4) is 0 Å². The molecule has 1 aromatic carbocycles. The van der Waals surface area contributed by atoms with E-state index in [0.717, 1.165) is 41.2 Å². The Morgan fingerprint density at radius 1 is 1.23 bits per heavy atom. The maximum absolute atomic E-state index is 13.1. The van der Waals surface area contributed by atoms with Crippen molar-refractivity contribution < 1.29 is 9.59 Å². The first-order valence-electron chi connectivity index (χ1n) is 12.1. The smallest absolute Gasteiger partial charge is 0.273 e. The number of aromatic nitrogens is 3. The van der Waals surface area contributed by atoms with Gasteiger partial charge in [-0.05, 0) is 51.2 Å². The molecular formula is C25H32N6O3S. The van der Waals surface area contributed by atoms with Gasteiger partial charge in [0.05, 0.1) is 0 Å². The van der Waals surface area contributed by atoms with Crippen molar-refractivity contribution in [2.45, 2.75) is 59.5 Å². The van der Waals surface area contributed by atoms with Crippen LogP contribution in [0.25, 0.3) is 10.3 Å². The zero-order chi connectivity index (χ0) is 25.1. The molecule has 35 heavy (non-hydrogen) atoms. The molecule has 9 nitrogen and oxygen atoms in total. The molecule has 0 aliphatic carbocycles. The highest BCUT2D eigenvalue weighted by atomic mass is 32.1. The highest BCUT2D eigenvalue weighted by molar-refractivity contribution is 7.22. The quantitative estimate of drug-likeness (QED) is 0.520. The standard InChI is InChI=1S/C25H32N6O3S/c1-5-17-8-6-7-16(4)20(17)28-19(32)13-31-14-26-22-21(24(31)34)35-25(29-22)30-11-9-18(10-12-30)23(33)27-15(2)3/h6-8,14-15,18H,5,9-13H2,1-4H3,(H,27,33)(H,28,32). The van der Waals surface area contributed by atoms with Crippen molar-refractivity contribution in [2.24, 2.45) is 5.92 Å². The summed E-state index contributed by atoms with van der Waals surface area (Å²) in [4.78, 5) is 49.1. The molecule has 0 atom stereocenters. The number of nitrogens with zero attached hydrogens (tertiary/aromatic N) is 4. The van der Waals surface area contributed by atoms with Crippen LogP contribution < -0.4 is 21.1 Å². The highest BCUT2D eigenvalue weighted by Gasteiger charge is 2.27. The zero-order valence-corrected chi connectivity index (χ0v) is 21.4. The summed E-state index contributed by atoms with van der Waals surface area (Å²) < 4.78 is 1.76. The number of para-hydroxylation sites is 1. The number of hydrogen-bond acceptors (Lipinski definition) is 7. The number of anilines is 2. The van der Waals surface area contributed by atoms with Crippen molar-refractivity contribution in [1.29, 1.82) is 0 Å². The maximum atomic E-state index is 13.1. The first kappa shape index (κ1) is 24.8. The average molecular weight is 497 g/mol. The van der Waals surface area contributed by atoms with E-state index in [9.17, 15) is 14.4 Å². The van der Waals surface area contributed by atoms with E-state index < -0.39 is 0 Å². The van der Waals surface area contributed by atoms with Crippen LogP contribution in [-0.4, -0.2) is 45.5 Å². The molecule has 0 bridgehead atoms. The lowest BCUT2D eigenvalue weighted by Crippen LogP contribution is -2.42. The summed E-state index contributed by atoms with van der Waals surface area (Å²) in [6, 6.07) is 6.04. The normalized spacial score (nSPS) is 14.5. The molecule has 2 N–H and O–H groups in total. The van der Waals surface area contributed by atoms with Gasteiger partial charge in [0.1, 0.15) is 17.6 Å². The first-order chi connectivity index (χ1) is 16.8. The number of rotatable bonds is 7. The molecule has 2 aromatic heterocycles. The molecule has 3 aromatic rings. The monoisotopic (exact) mass is 496 g/mol. The van der Waals surface area contributed by atoms with Crippen molar-refractivity contribution >= 4 is 44.3 Å². The third-order valence-electron chi connectivity index (χ3n) is 6.26. The Hall–Kier alpha value is -3.27. The lowest BCUT2D eigenvalue weighted by atomic mass is 9.96. The highest BCUT2D eigenvalue weighted by Crippen LogP contribution is 2.29. The van der Waals surface area contributed by atoms with Gasteiger partial charge in [-0.3, -0.25) is 19.0 Å². The summed E-state index contributed by atoms with van der Waals surface area (Å²) >= 11 is 1.29. The van der Waals surface area contributed by atoms with Crippen molar-refractivity contribution in [3.63, 3.8) is 0 Å². The average Bonchev–Trinajstić information content (AvgIpc) is 3.27. The fourth-order valence-electron chi connectivity index (χ4n) is 4.35. The lowest BCUT2D eigenvalue weighted by molar-refractivity contribution is -0.126. The maximum Gasteiger partial charge on any atom is 0.273 e. The van der Waals surface area contributed by atoms with Crippen molar-refractivity contribution in [3.05, 3.63) is 46.0 Å². The molecule has 2 amide bonds. The second kappa shape index (κ2) is 10.6. The minimum absolute atomic E-state index is 0.00151. The molecule has 0 saturated carbocycles. The molecular weight excluding hydrogens is 464 g/mol. The second-order valence-corrected chi connectivity index (χ2v) is 10.2. The van der Waals surface area contributed by atoms with Crippen LogP contribution in [-0.2, 0) is 22.6 Å². The number of hydrogen-bond donors (Lipinski definition) is 2. The van der Waals surface area contributed by atoms with Gasteiger partial charge in [-0.1, -0.05) is 36.5 Å². The van der Waals surface area contributed by atoms with Gasteiger partial charge in [-0.25, -0.2) is 4.98 Å². The van der Waals surface area contributed by atoms with E-state index in [1.165, 1.54) is 22.2 Å². The van der Waals surface area contributed by atoms with Gasteiger partial charge >= 0.3 is 0 Å².